The Hall–Kier alpha value is -0.860. The van der Waals surface area contributed by atoms with Gasteiger partial charge in [-0.05, 0) is 36.4 Å². The molecule has 0 radical (unpaired) electrons. The maximum Gasteiger partial charge on any atom is 0.00222 e. The average Bonchev–Trinajstić information content (AvgIpc) is 2.52. The SMILES string of the molecule is CC(CN)CN1CCc2ccccc2CC1. The molecule has 1 aromatic carbocycles. The molecule has 0 aliphatic carbocycles. The minimum atomic E-state index is 0.612. The number of hydrogen-bond acceptors (Lipinski definition) is 2. The van der Waals surface area contributed by atoms with E-state index in [1.807, 2.05) is 0 Å². The molecule has 2 nitrogen and oxygen atoms in total. The highest BCUT2D eigenvalue weighted by molar-refractivity contribution is 5.28. The smallest absolute Gasteiger partial charge is 0.00222 e. The largest absolute Gasteiger partial charge is 0.330 e. The highest BCUT2D eigenvalue weighted by Gasteiger charge is 2.14. The topological polar surface area (TPSA) is 29.3 Å². The van der Waals surface area contributed by atoms with Crippen LogP contribution in [-0.2, 0) is 12.8 Å². The Balaban J connectivity index is 1.97. The molecule has 0 saturated carbocycles. The standard InChI is InChI=1S/C14H22N2/c1-12(10-15)11-16-8-6-13-4-2-3-5-14(13)7-9-16/h2-5,12H,6-11,15H2,1H3. The van der Waals surface area contributed by atoms with Crippen LogP contribution >= 0.6 is 0 Å². The molecular weight excluding hydrogens is 196 g/mol. The van der Waals surface area contributed by atoms with Crippen molar-refractivity contribution in [3.8, 4) is 0 Å². The van der Waals surface area contributed by atoms with E-state index in [4.69, 9.17) is 5.73 Å². The second-order valence-corrected chi connectivity index (χ2v) is 4.91. The van der Waals surface area contributed by atoms with Gasteiger partial charge in [-0.1, -0.05) is 31.2 Å². The molecule has 1 aliphatic heterocycles. The highest BCUT2D eigenvalue weighted by atomic mass is 15.1. The molecule has 0 saturated heterocycles. The van der Waals surface area contributed by atoms with E-state index < -0.39 is 0 Å². The number of fused-ring (bicyclic) bond motifs is 1. The molecule has 1 atom stereocenters. The van der Waals surface area contributed by atoms with Gasteiger partial charge in [0.25, 0.3) is 0 Å². The molecule has 1 aliphatic rings. The van der Waals surface area contributed by atoms with E-state index in [1.54, 1.807) is 0 Å². The second-order valence-electron chi connectivity index (χ2n) is 4.91. The molecule has 1 aromatic rings. The second kappa shape index (κ2) is 5.46. The van der Waals surface area contributed by atoms with Crippen LogP contribution in [0.2, 0.25) is 0 Å². The number of rotatable bonds is 3. The van der Waals surface area contributed by atoms with Crippen LogP contribution in [0.3, 0.4) is 0 Å². The first-order valence-electron chi connectivity index (χ1n) is 6.29. The van der Waals surface area contributed by atoms with Gasteiger partial charge in [-0.3, -0.25) is 0 Å². The third-order valence-electron chi connectivity index (χ3n) is 3.49. The Kier molecular flexibility index (Phi) is 3.97. The third-order valence-corrected chi connectivity index (χ3v) is 3.49. The van der Waals surface area contributed by atoms with Gasteiger partial charge in [0.15, 0.2) is 0 Å². The van der Waals surface area contributed by atoms with Gasteiger partial charge in [-0.2, -0.15) is 0 Å². The molecule has 1 unspecified atom stereocenters. The molecule has 0 bridgehead atoms. The highest BCUT2D eigenvalue weighted by Crippen LogP contribution is 2.15. The Morgan fingerprint density at radius 2 is 1.75 bits per heavy atom. The fourth-order valence-electron chi connectivity index (χ4n) is 2.41. The summed E-state index contributed by atoms with van der Waals surface area (Å²) in [5.74, 6) is 0.612. The summed E-state index contributed by atoms with van der Waals surface area (Å²) in [6.45, 7) is 6.54. The molecule has 1 heterocycles. The Labute approximate surface area is 98.4 Å². The van der Waals surface area contributed by atoms with Crippen molar-refractivity contribution in [3.05, 3.63) is 35.4 Å². The summed E-state index contributed by atoms with van der Waals surface area (Å²) < 4.78 is 0. The predicted molar refractivity (Wildman–Crippen MR) is 68.5 cm³/mol. The third kappa shape index (κ3) is 2.83. The summed E-state index contributed by atoms with van der Waals surface area (Å²) in [5.41, 5.74) is 8.75. The van der Waals surface area contributed by atoms with E-state index in [1.165, 1.54) is 37.1 Å². The predicted octanol–water partition coefficient (Wildman–Crippen LogP) is 1.68. The van der Waals surface area contributed by atoms with Crippen molar-refractivity contribution in [2.45, 2.75) is 19.8 Å². The first-order valence-corrected chi connectivity index (χ1v) is 6.29. The zero-order chi connectivity index (χ0) is 11.4. The van der Waals surface area contributed by atoms with E-state index in [-0.39, 0.29) is 0 Å². The van der Waals surface area contributed by atoms with Crippen molar-refractivity contribution >= 4 is 0 Å². The van der Waals surface area contributed by atoms with Gasteiger partial charge in [-0.25, -0.2) is 0 Å². The van der Waals surface area contributed by atoms with Crippen LogP contribution < -0.4 is 5.73 Å². The van der Waals surface area contributed by atoms with E-state index in [0.29, 0.717) is 5.92 Å². The van der Waals surface area contributed by atoms with Gasteiger partial charge < -0.3 is 10.6 Å². The Bertz CT molecular complexity index is 308. The maximum atomic E-state index is 5.69. The minimum Gasteiger partial charge on any atom is -0.330 e. The van der Waals surface area contributed by atoms with Gasteiger partial charge in [0.05, 0.1) is 0 Å². The molecule has 88 valence electrons. The average molecular weight is 218 g/mol. The molecule has 2 rings (SSSR count). The summed E-state index contributed by atoms with van der Waals surface area (Å²) in [6, 6.07) is 8.84. The number of nitrogens with zero attached hydrogens (tertiary/aromatic N) is 1. The summed E-state index contributed by atoms with van der Waals surface area (Å²) in [7, 11) is 0. The maximum absolute atomic E-state index is 5.69. The van der Waals surface area contributed by atoms with Crippen molar-refractivity contribution in [1.82, 2.24) is 4.90 Å². The van der Waals surface area contributed by atoms with Gasteiger partial charge in [0.1, 0.15) is 0 Å². The van der Waals surface area contributed by atoms with Crippen molar-refractivity contribution in [1.29, 1.82) is 0 Å². The van der Waals surface area contributed by atoms with Crippen LogP contribution in [0.25, 0.3) is 0 Å². The van der Waals surface area contributed by atoms with Crippen LogP contribution in [0.1, 0.15) is 18.1 Å². The Morgan fingerprint density at radius 3 is 2.25 bits per heavy atom. The van der Waals surface area contributed by atoms with Crippen LogP contribution in [0.4, 0.5) is 0 Å². The van der Waals surface area contributed by atoms with Crippen molar-refractivity contribution in [2.24, 2.45) is 11.7 Å². The van der Waals surface area contributed by atoms with Crippen molar-refractivity contribution in [3.63, 3.8) is 0 Å². The number of benzene rings is 1. The van der Waals surface area contributed by atoms with E-state index in [0.717, 1.165) is 13.1 Å². The van der Waals surface area contributed by atoms with E-state index >= 15 is 0 Å². The molecule has 0 spiro atoms. The van der Waals surface area contributed by atoms with Crippen molar-refractivity contribution in [2.75, 3.05) is 26.2 Å². The first kappa shape index (κ1) is 11.6. The molecule has 16 heavy (non-hydrogen) atoms. The summed E-state index contributed by atoms with van der Waals surface area (Å²) in [5, 5.41) is 0. The van der Waals surface area contributed by atoms with Crippen LogP contribution in [0.15, 0.2) is 24.3 Å². The summed E-state index contributed by atoms with van der Waals surface area (Å²) >= 11 is 0. The molecule has 0 amide bonds. The monoisotopic (exact) mass is 218 g/mol. The molecule has 2 N–H and O–H groups in total. The molecule has 0 fully saturated rings. The first-order chi connectivity index (χ1) is 7.79. The molecular formula is C14H22N2. The summed E-state index contributed by atoms with van der Waals surface area (Å²) in [4.78, 5) is 2.55. The van der Waals surface area contributed by atoms with E-state index in [9.17, 15) is 0 Å². The zero-order valence-electron chi connectivity index (χ0n) is 10.2. The lowest BCUT2D eigenvalue weighted by atomic mass is 10.0. The van der Waals surface area contributed by atoms with Crippen LogP contribution in [-0.4, -0.2) is 31.1 Å². The van der Waals surface area contributed by atoms with Crippen molar-refractivity contribution < 1.29 is 0 Å². The van der Waals surface area contributed by atoms with Crippen LogP contribution in [0, 0.1) is 5.92 Å². The van der Waals surface area contributed by atoms with Crippen LogP contribution in [0.5, 0.6) is 0 Å². The Morgan fingerprint density at radius 1 is 1.19 bits per heavy atom. The summed E-state index contributed by atoms with van der Waals surface area (Å²) in [6.07, 6.45) is 2.38. The molecule has 2 heteroatoms. The van der Waals surface area contributed by atoms with E-state index in [2.05, 4.69) is 36.1 Å². The molecule has 0 aromatic heterocycles. The van der Waals surface area contributed by atoms with Gasteiger partial charge >= 0.3 is 0 Å². The van der Waals surface area contributed by atoms with Gasteiger partial charge in [0.2, 0.25) is 0 Å². The number of hydrogen-bond donors (Lipinski definition) is 1. The zero-order valence-corrected chi connectivity index (χ0v) is 10.2. The normalized spacial score (nSPS) is 18.9. The fraction of sp³-hybridized carbons (Fsp3) is 0.571. The minimum absolute atomic E-state index is 0.612. The fourth-order valence-corrected chi connectivity index (χ4v) is 2.41. The lowest BCUT2D eigenvalue weighted by Gasteiger charge is -2.22. The lowest BCUT2D eigenvalue weighted by Crippen LogP contribution is -2.33. The number of nitrogens with two attached hydrogens (primary N) is 1. The lowest BCUT2D eigenvalue weighted by molar-refractivity contribution is 0.250. The van der Waals surface area contributed by atoms with Gasteiger partial charge in [-0.15, -0.1) is 0 Å². The quantitative estimate of drug-likeness (QED) is 0.836. The van der Waals surface area contributed by atoms with Gasteiger partial charge in [0, 0.05) is 19.6 Å².